The molecule has 3 rings (SSSR count). The highest BCUT2D eigenvalue weighted by atomic mass is 16.5. The van der Waals surface area contributed by atoms with Crippen LogP contribution in [0.4, 0.5) is 4.79 Å². The molecule has 1 N–H and O–H groups in total. The minimum Gasteiger partial charge on any atom is -0.497 e. The first-order valence-corrected chi connectivity index (χ1v) is 9.97. The average molecular weight is 428 g/mol. The molecule has 1 aliphatic heterocycles. The van der Waals surface area contributed by atoms with Crippen LogP contribution in [0, 0.1) is 0 Å². The van der Waals surface area contributed by atoms with Gasteiger partial charge in [0, 0.05) is 6.54 Å². The minimum atomic E-state index is -0.763. The highest BCUT2D eigenvalue weighted by Gasteiger charge is 2.34. The molecule has 2 amide bonds. The molecule has 2 unspecified atom stereocenters. The highest BCUT2D eigenvalue weighted by Crippen LogP contribution is 2.41. The van der Waals surface area contributed by atoms with Crippen LogP contribution in [-0.2, 0) is 16.0 Å². The van der Waals surface area contributed by atoms with Crippen LogP contribution < -0.4 is 19.5 Å². The summed E-state index contributed by atoms with van der Waals surface area (Å²) in [5.74, 6) is 1.46. The van der Waals surface area contributed by atoms with E-state index in [0.717, 1.165) is 22.4 Å². The first-order valence-electron chi connectivity index (χ1n) is 9.97. The van der Waals surface area contributed by atoms with Crippen molar-refractivity contribution in [1.29, 1.82) is 0 Å². The van der Waals surface area contributed by atoms with Crippen LogP contribution in [-0.4, -0.2) is 57.9 Å². The van der Waals surface area contributed by atoms with Crippen LogP contribution in [0.25, 0.3) is 0 Å². The van der Waals surface area contributed by atoms with E-state index in [9.17, 15) is 9.59 Å². The number of hydrogen-bond donors (Lipinski definition) is 1. The van der Waals surface area contributed by atoms with Crippen LogP contribution >= 0.6 is 0 Å². The van der Waals surface area contributed by atoms with E-state index in [4.69, 9.17) is 18.9 Å². The Hall–Kier alpha value is -3.42. The molecule has 0 aliphatic carbocycles. The van der Waals surface area contributed by atoms with Crippen molar-refractivity contribution in [3.05, 3.63) is 53.1 Å². The first kappa shape index (κ1) is 22.3. The van der Waals surface area contributed by atoms with E-state index in [2.05, 4.69) is 5.32 Å². The molecule has 166 valence electrons. The number of benzene rings is 2. The van der Waals surface area contributed by atoms with E-state index in [-0.39, 0.29) is 12.1 Å². The van der Waals surface area contributed by atoms with Gasteiger partial charge in [0.1, 0.15) is 11.8 Å². The number of urea groups is 1. The fourth-order valence-corrected chi connectivity index (χ4v) is 3.81. The number of ether oxygens (including phenoxy) is 4. The molecule has 0 fully saturated rings. The Bertz CT molecular complexity index is 944. The molecule has 8 heteroatoms. The quantitative estimate of drug-likeness (QED) is 0.712. The zero-order valence-corrected chi connectivity index (χ0v) is 18.4. The van der Waals surface area contributed by atoms with Crippen molar-refractivity contribution in [1.82, 2.24) is 10.2 Å². The van der Waals surface area contributed by atoms with Gasteiger partial charge in [-0.25, -0.2) is 9.59 Å². The maximum absolute atomic E-state index is 13.1. The Kier molecular flexibility index (Phi) is 6.89. The summed E-state index contributed by atoms with van der Waals surface area (Å²) in [6.07, 6.45) is 0.641. The zero-order valence-electron chi connectivity index (χ0n) is 18.4. The van der Waals surface area contributed by atoms with Crippen LogP contribution in [0.2, 0.25) is 0 Å². The zero-order chi connectivity index (χ0) is 22.5. The molecule has 31 heavy (non-hydrogen) atoms. The molecule has 0 saturated carbocycles. The third kappa shape index (κ3) is 4.52. The van der Waals surface area contributed by atoms with E-state index in [1.54, 1.807) is 33.2 Å². The summed E-state index contributed by atoms with van der Waals surface area (Å²) in [4.78, 5) is 26.7. The maximum atomic E-state index is 13.1. The Morgan fingerprint density at radius 2 is 1.65 bits per heavy atom. The van der Waals surface area contributed by atoms with Crippen molar-refractivity contribution < 1.29 is 28.5 Å². The molecule has 2 aromatic carbocycles. The monoisotopic (exact) mass is 428 g/mol. The lowest BCUT2D eigenvalue weighted by Crippen LogP contribution is -2.50. The fourth-order valence-electron chi connectivity index (χ4n) is 3.81. The minimum absolute atomic E-state index is 0.348. The number of carbonyl (C=O) groups is 2. The van der Waals surface area contributed by atoms with Gasteiger partial charge in [-0.05, 0) is 54.3 Å². The van der Waals surface area contributed by atoms with Gasteiger partial charge >= 0.3 is 12.0 Å². The predicted molar refractivity (Wildman–Crippen MR) is 115 cm³/mol. The Labute approximate surface area is 182 Å². The van der Waals surface area contributed by atoms with Gasteiger partial charge in [-0.3, -0.25) is 0 Å². The number of amides is 2. The molecule has 8 nitrogen and oxygen atoms in total. The summed E-state index contributed by atoms with van der Waals surface area (Å²) in [6, 6.07) is 9.95. The summed E-state index contributed by atoms with van der Waals surface area (Å²) in [5.41, 5.74) is 2.92. The lowest BCUT2D eigenvalue weighted by molar-refractivity contribution is -0.142. The smallest absolute Gasteiger partial charge is 0.328 e. The highest BCUT2D eigenvalue weighted by molar-refractivity contribution is 5.84. The molecule has 0 saturated heterocycles. The van der Waals surface area contributed by atoms with Gasteiger partial charge in [-0.1, -0.05) is 12.1 Å². The van der Waals surface area contributed by atoms with E-state index >= 15 is 0 Å². The molecule has 1 aliphatic rings. The third-order valence-corrected chi connectivity index (χ3v) is 5.46. The second kappa shape index (κ2) is 9.59. The number of rotatable bonds is 6. The summed E-state index contributed by atoms with van der Waals surface area (Å²) in [6.45, 7) is 2.07. The standard InChI is InChI=1S/C23H28N2O6/c1-14(22(26)31-5)24-23(27)25-11-10-16-12-19(29-3)20(30-4)13-18(16)21(25)15-6-8-17(28-2)9-7-15/h6-9,12-14,21H,10-11H2,1-5H3,(H,24,27). The number of nitrogens with one attached hydrogen (secondary N) is 1. The molecular weight excluding hydrogens is 400 g/mol. The van der Waals surface area contributed by atoms with Gasteiger partial charge in [-0.2, -0.15) is 0 Å². The van der Waals surface area contributed by atoms with Crippen molar-refractivity contribution in [3.63, 3.8) is 0 Å². The maximum Gasteiger partial charge on any atom is 0.328 e. The molecule has 0 spiro atoms. The van der Waals surface area contributed by atoms with Gasteiger partial charge in [0.15, 0.2) is 11.5 Å². The number of fused-ring (bicyclic) bond motifs is 1. The van der Waals surface area contributed by atoms with Crippen LogP contribution in [0.5, 0.6) is 17.2 Å². The summed E-state index contributed by atoms with van der Waals surface area (Å²) in [5, 5.41) is 2.74. The molecule has 2 atom stereocenters. The van der Waals surface area contributed by atoms with Gasteiger partial charge in [-0.15, -0.1) is 0 Å². The van der Waals surface area contributed by atoms with Crippen molar-refractivity contribution >= 4 is 12.0 Å². The summed E-state index contributed by atoms with van der Waals surface area (Å²) >= 11 is 0. The average Bonchev–Trinajstić information content (AvgIpc) is 2.81. The van der Waals surface area contributed by atoms with E-state index in [1.807, 2.05) is 36.4 Å². The lowest BCUT2D eigenvalue weighted by atomic mass is 9.87. The predicted octanol–water partition coefficient (Wildman–Crippen LogP) is 2.93. The van der Waals surface area contributed by atoms with Crippen molar-refractivity contribution in [2.24, 2.45) is 0 Å². The van der Waals surface area contributed by atoms with Crippen molar-refractivity contribution in [3.8, 4) is 17.2 Å². The molecule has 0 aromatic heterocycles. The Balaban J connectivity index is 2.05. The Morgan fingerprint density at radius 3 is 2.23 bits per heavy atom. The third-order valence-electron chi connectivity index (χ3n) is 5.46. The number of hydrogen-bond acceptors (Lipinski definition) is 6. The van der Waals surface area contributed by atoms with Gasteiger partial charge in [0.2, 0.25) is 0 Å². The SMILES string of the molecule is COC(=O)C(C)NC(=O)N1CCc2cc(OC)c(OC)cc2C1c1ccc(OC)cc1. The normalized spacial score (nSPS) is 16.0. The van der Waals surface area contributed by atoms with Crippen LogP contribution in [0.3, 0.4) is 0 Å². The number of methoxy groups -OCH3 is 4. The van der Waals surface area contributed by atoms with Crippen molar-refractivity contribution in [2.45, 2.75) is 25.4 Å². The molecule has 0 bridgehead atoms. The largest absolute Gasteiger partial charge is 0.497 e. The lowest BCUT2D eigenvalue weighted by Gasteiger charge is -2.38. The molecule has 0 radical (unpaired) electrons. The fraction of sp³-hybridized carbons (Fsp3) is 0.391. The number of nitrogens with zero attached hydrogens (tertiary/aromatic N) is 1. The Morgan fingerprint density at radius 1 is 1.00 bits per heavy atom. The number of carbonyl (C=O) groups excluding carboxylic acids is 2. The molecule has 1 heterocycles. The summed E-state index contributed by atoms with van der Waals surface area (Å²) < 4.78 is 21.0. The second-order valence-corrected chi connectivity index (χ2v) is 7.22. The van der Waals surface area contributed by atoms with E-state index in [0.29, 0.717) is 24.5 Å². The summed E-state index contributed by atoms with van der Waals surface area (Å²) in [7, 11) is 6.08. The van der Waals surface area contributed by atoms with Crippen LogP contribution in [0.1, 0.15) is 29.7 Å². The van der Waals surface area contributed by atoms with Gasteiger partial charge in [0.25, 0.3) is 0 Å². The number of esters is 1. The van der Waals surface area contributed by atoms with Crippen molar-refractivity contribution in [2.75, 3.05) is 35.0 Å². The van der Waals surface area contributed by atoms with Gasteiger partial charge in [0.05, 0.1) is 34.5 Å². The molecular formula is C23H28N2O6. The second-order valence-electron chi connectivity index (χ2n) is 7.22. The molecule has 2 aromatic rings. The van der Waals surface area contributed by atoms with Gasteiger partial charge < -0.3 is 29.2 Å². The topological polar surface area (TPSA) is 86.3 Å². The first-order chi connectivity index (χ1) is 14.9. The van der Waals surface area contributed by atoms with Crippen LogP contribution in [0.15, 0.2) is 36.4 Å². The van der Waals surface area contributed by atoms with E-state index in [1.165, 1.54) is 7.11 Å². The van der Waals surface area contributed by atoms with E-state index < -0.39 is 12.0 Å².